The molecule has 0 aromatic carbocycles. The third-order valence-electron chi connectivity index (χ3n) is 3.34. The van der Waals surface area contributed by atoms with Crippen molar-refractivity contribution in [1.82, 2.24) is 5.01 Å². The maximum Gasteiger partial charge on any atom is 0.373 e. The van der Waals surface area contributed by atoms with Gasteiger partial charge in [0.05, 0.1) is 5.54 Å². The minimum absolute atomic E-state index is 0.170. The number of hydrogen-bond donors (Lipinski definition) is 2. The Balaban J connectivity index is 2.25. The van der Waals surface area contributed by atoms with Gasteiger partial charge in [-0.2, -0.15) is 0 Å². The van der Waals surface area contributed by atoms with Gasteiger partial charge in [-0.3, -0.25) is 4.79 Å². The normalized spacial score (nSPS) is 24.4. The van der Waals surface area contributed by atoms with E-state index in [1.165, 1.54) is 5.01 Å². The molecular formula is C10H15N3O4. The zero-order chi connectivity index (χ0) is 12.5. The van der Waals surface area contributed by atoms with Crippen LogP contribution < -0.4 is 5.73 Å². The molecule has 2 rings (SSSR count). The molecule has 0 bridgehead atoms. The Labute approximate surface area is 98.2 Å². The molecule has 0 aromatic rings. The fourth-order valence-corrected chi connectivity index (χ4v) is 2.34. The van der Waals surface area contributed by atoms with Gasteiger partial charge >= 0.3 is 5.97 Å². The molecule has 3 N–H and O–H groups in total. The fraction of sp³-hybridized carbons (Fsp3) is 0.700. The summed E-state index contributed by atoms with van der Waals surface area (Å²) in [5, 5.41) is 13.7. The number of amidine groups is 1. The molecule has 2 saturated heterocycles. The lowest BCUT2D eigenvalue weighted by molar-refractivity contribution is -0.134. The van der Waals surface area contributed by atoms with Crippen molar-refractivity contribution in [2.24, 2.45) is 10.8 Å². The highest BCUT2D eigenvalue weighted by atomic mass is 16.5. The Hall–Kier alpha value is -1.63. The average Bonchev–Trinajstić information content (AvgIpc) is 2.59. The van der Waals surface area contributed by atoms with Gasteiger partial charge in [0, 0.05) is 19.6 Å². The van der Waals surface area contributed by atoms with E-state index in [0.717, 1.165) is 0 Å². The zero-order valence-electron chi connectivity index (χ0n) is 9.39. The first-order valence-corrected chi connectivity index (χ1v) is 5.53. The van der Waals surface area contributed by atoms with Crippen molar-refractivity contribution in [2.75, 3.05) is 13.2 Å². The first-order valence-electron chi connectivity index (χ1n) is 5.53. The average molecular weight is 241 g/mol. The highest BCUT2D eigenvalue weighted by Crippen LogP contribution is 2.38. The molecular weight excluding hydrogens is 226 g/mol. The van der Waals surface area contributed by atoms with Gasteiger partial charge in [-0.25, -0.2) is 9.80 Å². The van der Waals surface area contributed by atoms with E-state index in [9.17, 15) is 9.59 Å². The fourth-order valence-electron chi connectivity index (χ4n) is 2.34. The molecule has 7 nitrogen and oxygen atoms in total. The number of aliphatic carboxylic acids is 1. The standard InChI is InChI=1S/C10H15N3O4/c11-8(9(15)16)12-13-7(14)1-2-10(13)3-5-17-6-4-10/h1-6H2,(H2,11,12)(H,15,16). The molecule has 1 amide bonds. The van der Waals surface area contributed by atoms with Crippen LogP contribution in [0.2, 0.25) is 0 Å². The summed E-state index contributed by atoms with van der Waals surface area (Å²) < 4.78 is 5.26. The molecule has 2 fully saturated rings. The molecule has 0 unspecified atom stereocenters. The predicted octanol–water partition coefficient (Wildman–Crippen LogP) is -0.485. The molecule has 1 spiro atoms. The molecule has 2 heterocycles. The number of ether oxygens (including phenoxy) is 1. The topological polar surface area (TPSA) is 105 Å². The van der Waals surface area contributed by atoms with E-state index in [1.807, 2.05) is 0 Å². The van der Waals surface area contributed by atoms with E-state index in [2.05, 4.69) is 5.10 Å². The smallest absolute Gasteiger partial charge is 0.373 e. The summed E-state index contributed by atoms with van der Waals surface area (Å²) >= 11 is 0. The second kappa shape index (κ2) is 4.33. The third-order valence-corrected chi connectivity index (χ3v) is 3.34. The molecule has 0 saturated carbocycles. The SMILES string of the molecule is N/C(=N/N1C(=O)CCC12CCOCC2)C(=O)O. The van der Waals surface area contributed by atoms with Crippen LogP contribution in [0.5, 0.6) is 0 Å². The van der Waals surface area contributed by atoms with Crippen molar-refractivity contribution in [1.29, 1.82) is 0 Å². The summed E-state index contributed by atoms with van der Waals surface area (Å²) in [7, 11) is 0. The first kappa shape index (κ1) is 11.8. The predicted molar refractivity (Wildman–Crippen MR) is 58.1 cm³/mol. The van der Waals surface area contributed by atoms with Crippen molar-refractivity contribution in [3.8, 4) is 0 Å². The summed E-state index contributed by atoms with van der Waals surface area (Å²) in [6.45, 7) is 1.12. The van der Waals surface area contributed by atoms with Crippen molar-refractivity contribution >= 4 is 17.7 Å². The number of carboxylic acid groups (broad SMARTS) is 1. The molecule has 0 aliphatic carbocycles. The molecule has 94 valence electrons. The van der Waals surface area contributed by atoms with Crippen LogP contribution in [-0.4, -0.2) is 46.6 Å². The highest BCUT2D eigenvalue weighted by Gasteiger charge is 2.47. The van der Waals surface area contributed by atoms with Crippen molar-refractivity contribution in [2.45, 2.75) is 31.2 Å². The first-order chi connectivity index (χ1) is 8.05. The number of hydrogen-bond acceptors (Lipinski definition) is 4. The number of hydrazone groups is 1. The number of nitrogens with two attached hydrogens (primary N) is 1. The summed E-state index contributed by atoms with van der Waals surface area (Å²) in [5.74, 6) is -2.03. The molecule has 0 atom stereocenters. The summed E-state index contributed by atoms with van der Waals surface area (Å²) in [6, 6.07) is 0. The van der Waals surface area contributed by atoms with Crippen LogP contribution in [0.1, 0.15) is 25.7 Å². The Morgan fingerprint density at radius 1 is 1.41 bits per heavy atom. The monoisotopic (exact) mass is 241 g/mol. The van der Waals surface area contributed by atoms with Gasteiger partial charge in [-0.1, -0.05) is 0 Å². The molecule has 2 aliphatic heterocycles. The third kappa shape index (κ3) is 2.10. The molecule has 0 radical (unpaired) electrons. The number of nitrogens with zero attached hydrogens (tertiary/aromatic N) is 2. The van der Waals surface area contributed by atoms with E-state index in [4.69, 9.17) is 15.6 Å². The Morgan fingerprint density at radius 3 is 2.65 bits per heavy atom. The van der Waals surface area contributed by atoms with Gasteiger partial charge in [0.1, 0.15) is 0 Å². The number of carboxylic acids is 1. The number of rotatable bonds is 1. The summed E-state index contributed by atoms with van der Waals surface area (Å²) in [4.78, 5) is 22.4. The molecule has 7 heteroatoms. The van der Waals surface area contributed by atoms with Crippen LogP contribution in [0.3, 0.4) is 0 Å². The van der Waals surface area contributed by atoms with Crippen molar-refractivity contribution in [3.05, 3.63) is 0 Å². The van der Waals surface area contributed by atoms with Gasteiger partial charge in [-0.05, 0) is 19.3 Å². The largest absolute Gasteiger partial charge is 0.475 e. The van der Waals surface area contributed by atoms with E-state index in [0.29, 0.717) is 38.9 Å². The number of carbonyl (C=O) groups excluding carboxylic acids is 1. The van der Waals surface area contributed by atoms with E-state index >= 15 is 0 Å². The Bertz CT molecular complexity index is 374. The lowest BCUT2D eigenvalue weighted by Gasteiger charge is -2.38. The lowest BCUT2D eigenvalue weighted by Crippen LogP contribution is -2.48. The summed E-state index contributed by atoms with van der Waals surface area (Å²) in [6.07, 6.45) is 2.42. The highest BCUT2D eigenvalue weighted by molar-refractivity contribution is 6.33. The van der Waals surface area contributed by atoms with E-state index < -0.39 is 17.3 Å². The quantitative estimate of drug-likeness (QED) is 0.476. The molecule has 17 heavy (non-hydrogen) atoms. The second-order valence-corrected chi connectivity index (χ2v) is 4.33. The Kier molecular flexibility index (Phi) is 3.01. The van der Waals surface area contributed by atoms with Crippen LogP contribution >= 0.6 is 0 Å². The van der Waals surface area contributed by atoms with Gasteiger partial charge < -0.3 is 15.6 Å². The minimum Gasteiger partial charge on any atom is -0.475 e. The zero-order valence-corrected chi connectivity index (χ0v) is 9.39. The lowest BCUT2D eigenvalue weighted by atomic mass is 9.88. The van der Waals surface area contributed by atoms with E-state index in [-0.39, 0.29) is 5.91 Å². The molecule has 0 aromatic heterocycles. The van der Waals surface area contributed by atoms with Crippen LogP contribution in [0, 0.1) is 0 Å². The van der Waals surface area contributed by atoms with Crippen molar-refractivity contribution < 1.29 is 19.4 Å². The van der Waals surface area contributed by atoms with Crippen LogP contribution in [-0.2, 0) is 14.3 Å². The van der Waals surface area contributed by atoms with E-state index in [1.54, 1.807) is 0 Å². The second-order valence-electron chi connectivity index (χ2n) is 4.33. The van der Waals surface area contributed by atoms with Crippen LogP contribution in [0.4, 0.5) is 0 Å². The van der Waals surface area contributed by atoms with Gasteiger partial charge in [0.2, 0.25) is 11.7 Å². The number of carbonyl (C=O) groups is 2. The van der Waals surface area contributed by atoms with Gasteiger partial charge in [0.25, 0.3) is 0 Å². The van der Waals surface area contributed by atoms with Gasteiger partial charge in [-0.15, -0.1) is 5.10 Å². The van der Waals surface area contributed by atoms with Gasteiger partial charge in [0.15, 0.2) is 0 Å². The number of amides is 1. The maximum absolute atomic E-state index is 11.7. The molecule has 2 aliphatic rings. The van der Waals surface area contributed by atoms with Crippen LogP contribution in [0.15, 0.2) is 5.10 Å². The Morgan fingerprint density at radius 2 is 2.06 bits per heavy atom. The van der Waals surface area contributed by atoms with Crippen LogP contribution in [0.25, 0.3) is 0 Å². The van der Waals surface area contributed by atoms with Crippen molar-refractivity contribution in [3.63, 3.8) is 0 Å². The maximum atomic E-state index is 11.7. The minimum atomic E-state index is -1.31. The summed E-state index contributed by atoms with van der Waals surface area (Å²) in [5.41, 5.74) is 4.88.